The third-order valence-corrected chi connectivity index (χ3v) is 5.86. The van der Waals surface area contributed by atoms with E-state index >= 15 is 0 Å². The molecule has 2 atom stereocenters. The number of hydrogen-bond donors (Lipinski definition) is 1. The molecule has 7 heteroatoms. The van der Waals surface area contributed by atoms with Gasteiger partial charge in [-0.15, -0.1) is 0 Å². The van der Waals surface area contributed by atoms with E-state index in [0.717, 1.165) is 36.7 Å². The standard InChI is InChI=1S/C23H24N6O/c1-16(17-7-9-20(10-8-17)30-19-5-3-2-4-6-19)28-12-11-18(13-28)29-15-27-21-22(24)25-14-26-23(21)29/h2-10,14-16,18H,11-13H2,1H3,(H2,24,25,26). The van der Waals surface area contributed by atoms with E-state index in [-0.39, 0.29) is 0 Å². The number of benzene rings is 2. The zero-order valence-electron chi connectivity index (χ0n) is 16.8. The summed E-state index contributed by atoms with van der Waals surface area (Å²) in [5.74, 6) is 2.12. The van der Waals surface area contributed by atoms with Gasteiger partial charge >= 0.3 is 0 Å². The molecule has 2 aromatic carbocycles. The third kappa shape index (κ3) is 3.48. The minimum Gasteiger partial charge on any atom is -0.457 e. The maximum absolute atomic E-state index is 5.93. The predicted molar refractivity (Wildman–Crippen MR) is 116 cm³/mol. The van der Waals surface area contributed by atoms with E-state index in [0.29, 0.717) is 23.4 Å². The Morgan fingerprint density at radius 1 is 1.00 bits per heavy atom. The first-order valence-corrected chi connectivity index (χ1v) is 10.2. The Morgan fingerprint density at radius 2 is 1.77 bits per heavy atom. The number of anilines is 1. The van der Waals surface area contributed by atoms with Gasteiger partial charge in [-0.3, -0.25) is 4.90 Å². The van der Waals surface area contributed by atoms with E-state index in [9.17, 15) is 0 Å². The molecule has 0 bridgehead atoms. The summed E-state index contributed by atoms with van der Waals surface area (Å²) in [4.78, 5) is 15.3. The highest BCUT2D eigenvalue weighted by Gasteiger charge is 2.29. The monoisotopic (exact) mass is 400 g/mol. The largest absolute Gasteiger partial charge is 0.457 e. The summed E-state index contributed by atoms with van der Waals surface area (Å²) in [6.45, 7) is 4.22. The van der Waals surface area contributed by atoms with Crippen molar-refractivity contribution >= 4 is 17.0 Å². The van der Waals surface area contributed by atoms with Gasteiger partial charge in [0.15, 0.2) is 11.5 Å². The molecule has 0 saturated carbocycles. The predicted octanol–water partition coefficient (Wildman–Crippen LogP) is 4.21. The number of nitrogens with two attached hydrogens (primary N) is 1. The fraction of sp³-hybridized carbons (Fsp3) is 0.261. The molecule has 0 amide bonds. The molecular formula is C23H24N6O. The third-order valence-electron chi connectivity index (χ3n) is 5.86. The first-order valence-electron chi connectivity index (χ1n) is 10.2. The van der Waals surface area contributed by atoms with Gasteiger partial charge in [0.1, 0.15) is 23.3 Å². The number of para-hydroxylation sites is 1. The Bertz CT molecular complexity index is 1140. The van der Waals surface area contributed by atoms with Crippen molar-refractivity contribution in [3.63, 3.8) is 0 Å². The van der Waals surface area contributed by atoms with Crippen molar-refractivity contribution in [2.45, 2.75) is 25.4 Å². The summed E-state index contributed by atoms with van der Waals surface area (Å²) in [6, 6.07) is 18.9. The van der Waals surface area contributed by atoms with Gasteiger partial charge in [-0.05, 0) is 43.2 Å². The molecule has 2 unspecified atom stereocenters. The number of imidazole rings is 1. The van der Waals surface area contributed by atoms with Gasteiger partial charge in [0.2, 0.25) is 0 Å². The van der Waals surface area contributed by atoms with Crippen LogP contribution in [-0.2, 0) is 0 Å². The molecule has 30 heavy (non-hydrogen) atoms. The van der Waals surface area contributed by atoms with E-state index < -0.39 is 0 Å². The number of nitrogens with zero attached hydrogens (tertiary/aromatic N) is 5. The second-order valence-corrected chi connectivity index (χ2v) is 7.68. The lowest BCUT2D eigenvalue weighted by Crippen LogP contribution is -2.25. The number of ether oxygens (including phenoxy) is 1. The average molecular weight is 400 g/mol. The van der Waals surface area contributed by atoms with Crippen molar-refractivity contribution in [1.82, 2.24) is 24.4 Å². The van der Waals surface area contributed by atoms with E-state index in [4.69, 9.17) is 10.5 Å². The van der Waals surface area contributed by atoms with Gasteiger partial charge in [-0.25, -0.2) is 15.0 Å². The number of hydrogen-bond acceptors (Lipinski definition) is 6. The number of nitrogen functional groups attached to an aromatic ring is 1. The number of fused-ring (bicyclic) bond motifs is 1. The molecule has 2 N–H and O–H groups in total. The van der Waals surface area contributed by atoms with Crippen molar-refractivity contribution in [3.05, 3.63) is 72.8 Å². The molecule has 1 fully saturated rings. The van der Waals surface area contributed by atoms with Crippen LogP contribution in [0.5, 0.6) is 11.5 Å². The van der Waals surface area contributed by atoms with Gasteiger partial charge < -0.3 is 15.0 Å². The van der Waals surface area contributed by atoms with Crippen LogP contribution in [0, 0.1) is 0 Å². The van der Waals surface area contributed by atoms with Gasteiger partial charge in [-0.1, -0.05) is 30.3 Å². The molecule has 152 valence electrons. The highest BCUT2D eigenvalue weighted by atomic mass is 16.5. The zero-order valence-corrected chi connectivity index (χ0v) is 16.8. The Kier molecular flexibility index (Phi) is 4.80. The second kappa shape index (κ2) is 7.76. The summed E-state index contributed by atoms with van der Waals surface area (Å²) in [5.41, 5.74) is 8.70. The summed E-state index contributed by atoms with van der Waals surface area (Å²) in [6.07, 6.45) is 4.39. The van der Waals surface area contributed by atoms with E-state index in [1.807, 2.05) is 48.8 Å². The minimum absolute atomic E-state index is 0.315. The molecule has 0 spiro atoms. The number of aromatic nitrogens is 4. The average Bonchev–Trinajstić information content (AvgIpc) is 3.42. The molecule has 1 saturated heterocycles. The Morgan fingerprint density at radius 3 is 2.57 bits per heavy atom. The van der Waals surface area contributed by atoms with Crippen LogP contribution in [0.4, 0.5) is 5.82 Å². The fourth-order valence-corrected chi connectivity index (χ4v) is 4.13. The topological polar surface area (TPSA) is 82.1 Å². The van der Waals surface area contributed by atoms with Crippen LogP contribution in [0.25, 0.3) is 11.2 Å². The van der Waals surface area contributed by atoms with Crippen molar-refractivity contribution in [2.75, 3.05) is 18.8 Å². The van der Waals surface area contributed by atoms with Gasteiger partial charge in [0, 0.05) is 19.1 Å². The van der Waals surface area contributed by atoms with Crippen LogP contribution in [0.1, 0.15) is 31.0 Å². The highest BCUT2D eigenvalue weighted by molar-refractivity contribution is 5.81. The molecular weight excluding hydrogens is 376 g/mol. The van der Waals surface area contributed by atoms with Crippen LogP contribution in [0.15, 0.2) is 67.3 Å². The summed E-state index contributed by atoms with van der Waals surface area (Å²) in [7, 11) is 0. The quantitative estimate of drug-likeness (QED) is 0.540. The Balaban J connectivity index is 1.28. The Labute approximate surface area is 175 Å². The Hall–Kier alpha value is -3.45. The lowest BCUT2D eigenvalue weighted by atomic mass is 10.1. The molecule has 7 nitrogen and oxygen atoms in total. The normalized spacial score (nSPS) is 18.0. The lowest BCUT2D eigenvalue weighted by molar-refractivity contribution is 0.253. The van der Waals surface area contributed by atoms with Gasteiger partial charge in [0.25, 0.3) is 0 Å². The van der Waals surface area contributed by atoms with Crippen LogP contribution < -0.4 is 10.5 Å². The first kappa shape index (κ1) is 18.6. The van der Waals surface area contributed by atoms with Gasteiger partial charge in [0.05, 0.1) is 12.4 Å². The molecule has 0 radical (unpaired) electrons. The minimum atomic E-state index is 0.315. The van der Waals surface area contributed by atoms with Crippen molar-refractivity contribution in [2.24, 2.45) is 0 Å². The second-order valence-electron chi connectivity index (χ2n) is 7.68. The maximum Gasteiger partial charge on any atom is 0.165 e. The molecule has 3 heterocycles. The summed E-state index contributed by atoms with van der Waals surface area (Å²) >= 11 is 0. The molecule has 0 aliphatic carbocycles. The fourth-order valence-electron chi connectivity index (χ4n) is 4.13. The summed E-state index contributed by atoms with van der Waals surface area (Å²) in [5, 5.41) is 0. The molecule has 2 aromatic heterocycles. The van der Waals surface area contributed by atoms with Crippen molar-refractivity contribution in [3.8, 4) is 11.5 Å². The van der Waals surface area contributed by atoms with Crippen LogP contribution in [-0.4, -0.2) is 37.5 Å². The molecule has 1 aliphatic rings. The van der Waals surface area contributed by atoms with Crippen LogP contribution in [0.2, 0.25) is 0 Å². The number of rotatable bonds is 5. The molecule has 5 rings (SSSR count). The first-order chi connectivity index (χ1) is 14.7. The van der Waals surface area contributed by atoms with E-state index in [1.54, 1.807) is 0 Å². The maximum atomic E-state index is 5.93. The van der Waals surface area contributed by atoms with Crippen LogP contribution in [0.3, 0.4) is 0 Å². The van der Waals surface area contributed by atoms with Crippen molar-refractivity contribution < 1.29 is 4.74 Å². The molecule has 1 aliphatic heterocycles. The zero-order chi connectivity index (χ0) is 20.5. The smallest absolute Gasteiger partial charge is 0.165 e. The summed E-state index contributed by atoms with van der Waals surface area (Å²) < 4.78 is 8.04. The highest BCUT2D eigenvalue weighted by Crippen LogP contribution is 2.32. The van der Waals surface area contributed by atoms with Crippen molar-refractivity contribution in [1.29, 1.82) is 0 Å². The van der Waals surface area contributed by atoms with Crippen LogP contribution >= 0.6 is 0 Å². The van der Waals surface area contributed by atoms with Gasteiger partial charge in [-0.2, -0.15) is 0 Å². The van der Waals surface area contributed by atoms with E-state index in [1.165, 1.54) is 11.9 Å². The number of likely N-dealkylation sites (tertiary alicyclic amines) is 1. The molecule has 4 aromatic rings. The van der Waals surface area contributed by atoms with E-state index in [2.05, 4.69) is 43.5 Å². The lowest BCUT2D eigenvalue weighted by Gasteiger charge is -2.25. The SMILES string of the molecule is CC(c1ccc(Oc2ccccc2)cc1)N1CCC(n2cnc3c(N)ncnc32)C1.